The van der Waals surface area contributed by atoms with Gasteiger partial charge >= 0.3 is 12.1 Å². The molecule has 0 saturated carbocycles. The summed E-state index contributed by atoms with van der Waals surface area (Å²) in [5.41, 5.74) is -0.246. The number of carboxylic acids is 1. The fraction of sp³-hybridized carbons (Fsp3) is 0.529. The van der Waals surface area contributed by atoms with Crippen LogP contribution in [-0.2, 0) is 22.4 Å². The maximum absolute atomic E-state index is 12.5. The first kappa shape index (κ1) is 17.6. The Balaban J connectivity index is 2.38. The van der Waals surface area contributed by atoms with Gasteiger partial charge in [0.1, 0.15) is 5.60 Å². The maximum atomic E-state index is 12.5. The molecule has 1 atom stereocenters. The number of amides is 1. The van der Waals surface area contributed by atoms with Crippen LogP contribution < -0.4 is 0 Å². The zero-order chi connectivity index (χ0) is 17.4. The third kappa shape index (κ3) is 3.44. The first-order chi connectivity index (χ1) is 10.6. The molecular weight excluding hydrogens is 318 g/mol. The van der Waals surface area contributed by atoms with Crippen LogP contribution in [0.25, 0.3) is 0 Å². The molecule has 5 nitrogen and oxygen atoms in total. The van der Waals surface area contributed by atoms with Crippen molar-refractivity contribution < 1.29 is 19.4 Å². The van der Waals surface area contributed by atoms with Crippen molar-refractivity contribution in [1.29, 1.82) is 0 Å². The SMILES string of the molecule is CCN(C(=O)OC(C)(C)C)C1(C(=O)O)Cc2ccc(Cl)cc2C1. The molecule has 1 aromatic carbocycles. The van der Waals surface area contributed by atoms with Gasteiger partial charge in [-0.25, -0.2) is 9.59 Å². The Bertz CT molecular complexity index is 638. The summed E-state index contributed by atoms with van der Waals surface area (Å²) in [7, 11) is 0. The lowest BCUT2D eigenvalue weighted by molar-refractivity contribution is -0.150. The van der Waals surface area contributed by atoms with Crippen LogP contribution in [-0.4, -0.2) is 39.8 Å². The van der Waals surface area contributed by atoms with E-state index in [1.165, 1.54) is 4.90 Å². The second-order valence-corrected chi connectivity index (χ2v) is 7.26. The lowest BCUT2D eigenvalue weighted by Crippen LogP contribution is -2.58. The van der Waals surface area contributed by atoms with Gasteiger partial charge in [0.15, 0.2) is 5.54 Å². The van der Waals surface area contributed by atoms with Crippen molar-refractivity contribution in [1.82, 2.24) is 4.90 Å². The molecule has 1 N–H and O–H groups in total. The first-order valence-electron chi connectivity index (χ1n) is 7.60. The molecule has 23 heavy (non-hydrogen) atoms. The van der Waals surface area contributed by atoms with E-state index in [0.717, 1.165) is 11.1 Å². The molecule has 0 radical (unpaired) electrons. The molecule has 0 bridgehead atoms. The third-order valence-electron chi connectivity index (χ3n) is 3.98. The van der Waals surface area contributed by atoms with Gasteiger partial charge in [0.25, 0.3) is 0 Å². The van der Waals surface area contributed by atoms with Crippen molar-refractivity contribution in [2.45, 2.75) is 51.7 Å². The molecule has 1 unspecified atom stereocenters. The Labute approximate surface area is 141 Å². The predicted molar refractivity (Wildman–Crippen MR) is 87.8 cm³/mol. The van der Waals surface area contributed by atoms with Crippen LogP contribution in [0, 0.1) is 0 Å². The highest BCUT2D eigenvalue weighted by Gasteiger charge is 2.51. The molecule has 0 aromatic heterocycles. The zero-order valence-corrected chi connectivity index (χ0v) is 14.6. The Hall–Kier alpha value is -1.75. The molecule has 2 rings (SSSR count). The highest BCUT2D eigenvalue weighted by Crippen LogP contribution is 2.37. The molecule has 0 aliphatic heterocycles. The van der Waals surface area contributed by atoms with Crippen LogP contribution in [0.2, 0.25) is 5.02 Å². The summed E-state index contributed by atoms with van der Waals surface area (Å²) >= 11 is 6.01. The Morgan fingerprint density at radius 3 is 2.43 bits per heavy atom. The van der Waals surface area contributed by atoms with E-state index < -0.39 is 23.2 Å². The van der Waals surface area contributed by atoms with Crippen LogP contribution in [0.5, 0.6) is 0 Å². The summed E-state index contributed by atoms with van der Waals surface area (Å²) in [6, 6.07) is 5.33. The van der Waals surface area contributed by atoms with Crippen LogP contribution in [0.4, 0.5) is 4.79 Å². The van der Waals surface area contributed by atoms with E-state index in [0.29, 0.717) is 5.02 Å². The summed E-state index contributed by atoms with van der Waals surface area (Å²) in [5, 5.41) is 10.4. The minimum absolute atomic E-state index is 0.227. The van der Waals surface area contributed by atoms with E-state index in [-0.39, 0.29) is 19.4 Å². The number of rotatable bonds is 3. The van der Waals surface area contributed by atoms with Crippen molar-refractivity contribution in [2.24, 2.45) is 0 Å². The van der Waals surface area contributed by atoms with Gasteiger partial charge in [-0.3, -0.25) is 4.90 Å². The molecule has 1 aliphatic rings. The summed E-state index contributed by atoms with van der Waals surface area (Å²) in [4.78, 5) is 25.9. The number of benzene rings is 1. The number of nitrogens with zero attached hydrogens (tertiary/aromatic N) is 1. The van der Waals surface area contributed by atoms with Crippen LogP contribution in [0.15, 0.2) is 18.2 Å². The fourth-order valence-electron chi connectivity index (χ4n) is 3.01. The summed E-state index contributed by atoms with van der Waals surface area (Å²) in [6.07, 6.45) is -0.131. The topological polar surface area (TPSA) is 66.8 Å². The lowest BCUT2D eigenvalue weighted by Gasteiger charge is -2.38. The van der Waals surface area contributed by atoms with Crippen molar-refractivity contribution in [3.63, 3.8) is 0 Å². The Morgan fingerprint density at radius 1 is 1.30 bits per heavy atom. The summed E-state index contributed by atoms with van der Waals surface area (Å²) in [6.45, 7) is 7.29. The lowest BCUT2D eigenvalue weighted by atomic mass is 9.93. The van der Waals surface area contributed by atoms with Gasteiger partial charge in [0.05, 0.1) is 0 Å². The van der Waals surface area contributed by atoms with E-state index in [1.807, 2.05) is 6.07 Å². The Kier molecular flexibility index (Phi) is 4.62. The van der Waals surface area contributed by atoms with Crippen molar-refractivity contribution >= 4 is 23.7 Å². The monoisotopic (exact) mass is 339 g/mol. The average Bonchev–Trinajstić information content (AvgIpc) is 2.76. The standard InChI is InChI=1S/C17H22ClNO4/c1-5-19(15(22)23-16(2,3)4)17(14(20)21)9-11-6-7-13(18)8-12(11)10-17/h6-8H,5,9-10H2,1-4H3,(H,20,21). The van der Waals surface area contributed by atoms with Crippen LogP contribution in [0.3, 0.4) is 0 Å². The maximum Gasteiger partial charge on any atom is 0.411 e. The molecule has 0 fully saturated rings. The van der Waals surface area contributed by atoms with E-state index in [4.69, 9.17) is 16.3 Å². The largest absolute Gasteiger partial charge is 0.479 e. The van der Waals surface area contributed by atoms with E-state index in [2.05, 4.69) is 0 Å². The van der Waals surface area contributed by atoms with Gasteiger partial charge in [0, 0.05) is 24.4 Å². The van der Waals surface area contributed by atoms with Gasteiger partial charge in [-0.1, -0.05) is 17.7 Å². The number of likely N-dealkylation sites (N-methyl/N-ethyl adjacent to an activating group) is 1. The highest BCUT2D eigenvalue weighted by molar-refractivity contribution is 6.30. The van der Waals surface area contributed by atoms with Crippen molar-refractivity contribution in [3.05, 3.63) is 34.3 Å². The highest BCUT2D eigenvalue weighted by atomic mass is 35.5. The number of hydrogen-bond donors (Lipinski definition) is 1. The second kappa shape index (κ2) is 6.04. The average molecular weight is 340 g/mol. The van der Waals surface area contributed by atoms with Crippen molar-refractivity contribution in [2.75, 3.05) is 6.54 Å². The smallest absolute Gasteiger partial charge is 0.411 e. The molecule has 1 amide bonds. The fourth-order valence-corrected chi connectivity index (χ4v) is 3.20. The second-order valence-electron chi connectivity index (χ2n) is 6.83. The summed E-state index contributed by atoms with van der Waals surface area (Å²) in [5.74, 6) is -1.03. The van der Waals surface area contributed by atoms with Gasteiger partial charge in [-0.15, -0.1) is 0 Å². The summed E-state index contributed by atoms with van der Waals surface area (Å²) < 4.78 is 5.40. The number of carbonyl (C=O) groups excluding carboxylic acids is 1. The van der Waals surface area contributed by atoms with Crippen LogP contribution in [0.1, 0.15) is 38.8 Å². The van der Waals surface area contributed by atoms with E-state index in [9.17, 15) is 14.7 Å². The first-order valence-corrected chi connectivity index (χ1v) is 7.98. The van der Waals surface area contributed by atoms with Gasteiger partial charge in [-0.05, 0) is 51.0 Å². The number of hydrogen-bond acceptors (Lipinski definition) is 3. The van der Waals surface area contributed by atoms with Crippen LogP contribution >= 0.6 is 11.6 Å². The number of aliphatic carboxylic acids is 1. The van der Waals surface area contributed by atoms with Crippen molar-refractivity contribution in [3.8, 4) is 0 Å². The number of fused-ring (bicyclic) bond motifs is 1. The molecule has 0 heterocycles. The minimum atomic E-state index is -1.33. The predicted octanol–water partition coefficient (Wildman–Crippen LogP) is 3.52. The molecule has 6 heteroatoms. The normalized spacial score (nSPS) is 20.0. The number of carboxylic acid groups (broad SMARTS) is 1. The molecule has 1 aromatic rings. The number of carbonyl (C=O) groups is 2. The molecule has 0 saturated heterocycles. The van der Waals surface area contributed by atoms with Gasteiger partial charge in [0.2, 0.25) is 0 Å². The minimum Gasteiger partial charge on any atom is -0.479 e. The third-order valence-corrected chi connectivity index (χ3v) is 4.21. The molecule has 126 valence electrons. The van der Waals surface area contributed by atoms with E-state index >= 15 is 0 Å². The van der Waals surface area contributed by atoms with Gasteiger partial charge in [-0.2, -0.15) is 0 Å². The molecule has 1 aliphatic carbocycles. The Morgan fingerprint density at radius 2 is 1.91 bits per heavy atom. The molecular formula is C17H22ClNO4. The quantitative estimate of drug-likeness (QED) is 0.915. The molecule has 0 spiro atoms. The van der Waals surface area contributed by atoms with Gasteiger partial charge < -0.3 is 9.84 Å². The zero-order valence-electron chi connectivity index (χ0n) is 13.9. The number of halogens is 1. The van der Waals surface area contributed by atoms with E-state index in [1.54, 1.807) is 39.8 Å². The number of ether oxygens (including phenoxy) is 1.